The zero-order valence-electron chi connectivity index (χ0n) is 11.3. The minimum Gasteiger partial charge on any atom is -0.325 e. The van der Waals surface area contributed by atoms with Crippen molar-refractivity contribution in [3.63, 3.8) is 0 Å². The quantitative estimate of drug-likeness (QED) is 0.870. The number of imidazole rings is 1. The van der Waals surface area contributed by atoms with E-state index in [1.807, 2.05) is 5.32 Å². The van der Waals surface area contributed by atoms with Crippen LogP contribution in [0.15, 0.2) is 18.5 Å². The minimum atomic E-state index is -4.45. The molecule has 0 bridgehead atoms. The molecule has 1 fully saturated rings. The molecule has 3 heterocycles. The molecule has 2 amide bonds. The van der Waals surface area contributed by atoms with E-state index in [1.54, 1.807) is 12.3 Å². The van der Waals surface area contributed by atoms with Crippen molar-refractivity contribution in [1.29, 1.82) is 0 Å². The Morgan fingerprint density at radius 2 is 2.23 bits per heavy atom. The second-order valence-corrected chi connectivity index (χ2v) is 5.03. The number of amides is 2. The van der Waals surface area contributed by atoms with Crippen molar-refractivity contribution >= 4 is 11.7 Å². The number of halogens is 3. The molecule has 0 unspecified atom stereocenters. The number of nitrogens with one attached hydrogen (secondary N) is 1. The van der Waals surface area contributed by atoms with E-state index in [-0.39, 0.29) is 13.1 Å². The van der Waals surface area contributed by atoms with Crippen molar-refractivity contribution in [2.45, 2.75) is 25.3 Å². The van der Waals surface area contributed by atoms with Crippen LogP contribution in [0.5, 0.6) is 0 Å². The van der Waals surface area contributed by atoms with Crippen LogP contribution >= 0.6 is 0 Å². The lowest BCUT2D eigenvalue weighted by Gasteiger charge is -2.15. The van der Waals surface area contributed by atoms with Crippen molar-refractivity contribution in [3.05, 3.63) is 29.7 Å². The molecule has 10 heteroatoms. The standard InChI is InChI=1S/C12H13F3N6O/c13-12(14,15)9-6-20(11(22)19-9)4-7-1-10-18-8(2-16)5-21(10)17-3-7/h1,3,5,9H,2,4,6,16H2,(H,19,22)/t9-/m0/s1. The van der Waals surface area contributed by atoms with Gasteiger partial charge in [0.15, 0.2) is 5.65 Å². The molecule has 1 saturated heterocycles. The molecule has 1 atom stereocenters. The Hall–Kier alpha value is -2.36. The van der Waals surface area contributed by atoms with Gasteiger partial charge in [-0.05, 0) is 11.6 Å². The third-order valence-corrected chi connectivity index (χ3v) is 3.39. The number of carbonyl (C=O) groups excluding carboxylic acids is 1. The fourth-order valence-corrected chi connectivity index (χ4v) is 2.28. The average molecular weight is 314 g/mol. The van der Waals surface area contributed by atoms with Crippen molar-refractivity contribution in [2.24, 2.45) is 5.73 Å². The first-order chi connectivity index (χ1) is 10.4. The molecule has 0 radical (unpaired) electrons. The first-order valence-electron chi connectivity index (χ1n) is 6.52. The number of fused-ring (bicyclic) bond motifs is 1. The van der Waals surface area contributed by atoms with E-state index in [0.29, 0.717) is 16.9 Å². The van der Waals surface area contributed by atoms with E-state index < -0.39 is 24.8 Å². The lowest BCUT2D eigenvalue weighted by atomic mass is 10.2. The Bertz CT molecular complexity index is 712. The predicted octanol–water partition coefficient (Wildman–Crippen LogP) is 0.644. The first-order valence-corrected chi connectivity index (χ1v) is 6.52. The Labute approximate surface area is 122 Å². The summed E-state index contributed by atoms with van der Waals surface area (Å²) >= 11 is 0. The van der Waals surface area contributed by atoms with E-state index in [4.69, 9.17) is 5.73 Å². The number of nitrogens with zero attached hydrogens (tertiary/aromatic N) is 4. The van der Waals surface area contributed by atoms with E-state index in [9.17, 15) is 18.0 Å². The number of urea groups is 1. The monoisotopic (exact) mass is 314 g/mol. The highest BCUT2D eigenvalue weighted by Crippen LogP contribution is 2.25. The SMILES string of the molecule is NCc1cn2ncc(CN3C[C@@H](C(F)(F)F)NC3=O)cc2n1. The van der Waals surface area contributed by atoms with Gasteiger partial charge in [0, 0.05) is 13.1 Å². The van der Waals surface area contributed by atoms with Crippen LogP contribution in [0.1, 0.15) is 11.3 Å². The molecule has 118 valence electrons. The van der Waals surface area contributed by atoms with Gasteiger partial charge in [-0.15, -0.1) is 0 Å². The second-order valence-electron chi connectivity index (χ2n) is 5.03. The van der Waals surface area contributed by atoms with Crippen LogP contribution in [-0.2, 0) is 13.1 Å². The van der Waals surface area contributed by atoms with Gasteiger partial charge in [0.1, 0.15) is 6.04 Å². The van der Waals surface area contributed by atoms with Crippen LogP contribution < -0.4 is 11.1 Å². The zero-order valence-corrected chi connectivity index (χ0v) is 11.3. The summed E-state index contributed by atoms with van der Waals surface area (Å²) in [6, 6.07) is -0.916. The number of hydrogen-bond donors (Lipinski definition) is 2. The molecule has 0 aliphatic carbocycles. The number of nitrogens with two attached hydrogens (primary N) is 1. The summed E-state index contributed by atoms with van der Waals surface area (Å²) in [7, 11) is 0. The van der Waals surface area contributed by atoms with E-state index in [1.165, 1.54) is 10.7 Å². The molecule has 1 aliphatic rings. The topological polar surface area (TPSA) is 88.5 Å². The summed E-state index contributed by atoms with van der Waals surface area (Å²) in [6.07, 6.45) is -1.30. The summed E-state index contributed by atoms with van der Waals surface area (Å²) in [6.45, 7) is -0.122. The van der Waals surface area contributed by atoms with Gasteiger partial charge in [0.25, 0.3) is 0 Å². The Balaban J connectivity index is 1.77. The van der Waals surface area contributed by atoms with Gasteiger partial charge < -0.3 is 16.0 Å². The molecule has 22 heavy (non-hydrogen) atoms. The van der Waals surface area contributed by atoms with Gasteiger partial charge in [-0.1, -0.05) is 0 Å². The zero-order chi connectivity index (χ0) is 15.9. The van der Waals surface area contributed by atoms with Crippen molar-refractivity contribution in [3.8, 4) is 0 Å². The normalized spacial score (nSPS) is 19.0. The van der Waals surface area contributed by atoms with Crippen LogP contribution in [0.4, 0.5) is 18.0 Å². The summed E-state index contributed by atoms with van der Waals surface area (Å²) in [5.41, 5.74) is 7.27. The molecule has 2 aromatic heterocycles. The van der Waals surface area contributed by atoms with E-state index in [2.05, 4.69) is 10.1 Å². The highest BCUT2D eigenvalue weighted by Gasteiger charge is 2.46. The largest absolute Gasteiger partial charge is 0.410 e. The molecular weight excluding hydrogens is 301 g/mol. The summed E-state index contributed by atoms with van der Waals surface area (Å²) in [5.74, 6) is 0. The van der Waals surface area contributed by atoms with Crippen LogP contribution in [0, 0.1) is 0 Å². The molecule has 0 spiro atoms. The molecule has 3 N–H and O–H groups in total. The number of rotatable bonds is 3. The maximum Gasteiger partial charge on any atom is 0.410 e. The van der Waals surface area contributed by atoms with Crippen LogP contribution in [-0.4, -0.2) is 44.3 Å². The van der Waals surface area contributed by atoms with Crippen LogP contribution in [0.2, 0.25) is 0 Å². The Morgan fingerprint density at radius 1 is 1.45 bits per heavy atom. The molecule has 2 aromatic rings. The molecule has 3 rings (SSSR count). The molecule has 1 aliphatic heterocycles. The third-order valence-electron chi connectivity index (χ3n) is 3.39. The summed E-state index contributed by atoms with van der Waals surface area (Å²) in [5, 5.41) is 6.02. The Kier molecular flexibility index (Phi) is 3.39. The van der Waals surface area contributed by atoms with Gasteiger partial charge in [-0.2, -0.15) is 18.3 Å². The van der Waals surface area contributed by atoms with Gasteiger partial charge in [0.05, 0.1) is 24.6 Å². The first kappa shape index (κ1) is 14.6. The van der Waals surface area contributed by atoms with E-state index >= 15 is 0 Å². The lowest BCUT2D eigenvalue weighted by molar-refractivity contribution is -0.149. The highest BCUT2D eigenvalue weighted by molar-refractivity contribution is 5.77. The summed E-state index contributed by atoms with van der Waals surface area (Å²) < 4.78 is 39.4. The van der Waals surface area contributed by atoms with Crippen molar-refractivity contribution in [1.82, 2.24) is 24.8 Å². The summed E-state index contributed by atoms with van der Waals surface area (Å²) in [4.78, 5) is 16.9. The maximum atomic E-state index is 12.6. The fourth-order valence-electron chi connectivity index (χ4n) is 2.28. The fraction of sp³-hybridized carbons (Fsp3) is 0.417. The number of alkyl halides is 3. The van der Waals surface area contributed by atoms with Crippen LogP contribution in [0.25, 0.3) is 5.65 Å². The van der Waals surface area contributed by atoms with Gasteiger partial charge in [0.2, 0.25) is 0 Å². The van der Waals surface area contributed by atoms with Gasteiger partial charge >= 0.3 is 12.2 Å². The van der Waals surface area contributed by atoms with Crippen LogP contribution in [0.3, 0.4) is 0 Å². The number of carbonyl (C=O) groups is 1. The smallest absolute Gasteiger partial charge is 0.325 e. The average Bonchev–Trinajstić information content (AvgIpc) is 3.02. The number of aromatic nitrogens is 3. The molecule has 0 aromatic carbocycles. The molecule has 7 nitrogen and oxygen atoms in total. The highest BCUT2D eigenvalue weighted by atomic mass is 19.4. The second kappa shape index (κ2) is 5.13. The van der Waals surface area contributed by atoms with E-state index in [0.717, 1.165) is 4.90 Å². The van der Waals surface area contributed by atoms with Gasteiger partial charge in [-0.3, -0.25) is 0 Å². The molecule has 0 saturated carbocycles. The lowest BCUT2D eigenvalue weighted by Crippen LogP contribution is -2.40. The molecular formula is C12H13F3N6O. The van der Waals surface area contributed by atoms with Crippen molar-refractivity contribution in [2.75, 3.05) is 6.54 Å². The maximum absolute atomic E-state index is 12.6. The minimum absolute atomic E-state index is 0.0345. The van der Waals surface area contributed by atoms with Crippen molar-refractivity contribution < 1.29 is 18.0 Å². The Morgan fingerprint density at radius 3 is 2.86 bits per heavy atom. The third kappa shape index (κ3) is 2.69. The predicted molar refractivity (Wildman–Crippen MR) is 69.7 cm³/mol. The number of hydrogen-bond acceptors (Lipinski definition) is 4. The van der Waals surface area contributed by atoms with Gasteiger partial charge in [-0.25, -0.2) is 14.3 Å².